The summed E-state index contributed by atoms with van der Waals surface area (Å²) in [4.78, 5) is 7.06. The lowest BCUT2D eigenvalue weighted by atomic mass is 9.78. The molecule has 1 saturated heterocycles. The van der Waals surface area contributed by atoms with Gasteiger partial charge in [-0.05, 0) is 50.4 Å². The number of hydrogen-bond acceptors (Lipinski definition) is 7. The number of aryl methyl sites for hydroxylation is 1. The number of H-pyrrole nitrogens is 1. The maximum absolute atomic E-state index is 13.9. The topological polar surface area (TPSA) is 87.2 Å². The highest BCUT2D eigenvalue weighted by Crippen LogP contribution is 2.47. The third-order valence-corrected chi connectivity index (χ3v) is 7.20. The van der Waals surface area contributed by atoms with Crippen LogP contribution in [0.2, 0.25) is 0 Å². The number of alkyl halides is 2. The van der Waals surface area contributed by atoms with Gasteiger partial charge in [0.25, 0.3) is 0 Å². The number of aromatic amines is 1. The Labute approximate surface area is 182 Å². The quantitative estimate of drug-likeness (QED) is 0.628. The van der Waals surface area contributed by atoms with Crippen molar-refractivity contribution in [2.45, 2.75) is 57.1 Å². The first-order valence-electron chi connectivity index (χ1n) is 10.5. The largest absolute Gasteiger partial charge is 0.385 e. The van der Waals surface area contributed by atoms with E-state index in [-0.39, 0.29) is 31.7 Å². The van der Waals surface area contributed by atoms with Crippen molar-refractivity contribution in [3.63, 3.8) is 0 Å². The second-order valence-corrected chi connectivity index (χ2v) is 9.45. The van der Waals surface area contributed by atoms with E-state index in [0.717, 1.165) is 10.4 Å². The molecule has 2 aliphatic rings. The van der Waals surface area contributed by atoms with Crippen LogP contribution in [0, 0.1) is 6.92 Å². The van der Waals surface area contributed by atoms with Gasteiger partial charge in [-0.15, -0.1) is 0 Å². The Kier molecular flexibility index (Phi) is 4.98. The molecule has 0 bridgehead atoms. The molecule has 10 heteroatoms. The van der Waals surface area contributed by atoms with E-state index >= 15 is 0 Å². The minimum Gasteiger partial charge on any atom is -0.385 e. The van der Waals surface area contributed by atoms with E-state index in [0.29, 0.717) is 48.0 Å². The van der Waals surface area contributed by atoms with Gasteiger partial charge >= 0.3 is 0 Å². The van der Waals surface area contributed by atoms with Crippen LogP contribution in [0.5, 0.6) is 0 Å². The summed E-state index contributed by atoms with van der Waals surface area (Å²) in [6, 6.07) is 3.88. The van der Waals surface area contributed by atoms with Crippen molar-refractivity contribution >= 4 is 27.6 Å². The predicted molar refractivity (Wildman–Crippen MR) is 115 cm³/mol. The summed E-state index contributed by atoms with van der Waals surface area (Å²) in [7, 11) is 0. The zero-order chi connectivity index (χ0) is 21.8. The lowest BCUT2D eigenvalue weighted by Gasteiger charge is -2.38. The van der Waals surface area contributed by atoms with E-state index in [2.05, 4.69) is 26.4 Å². The number of aromatic nitrogens is 4. The fourth-order valence-electron chi connectivity index (χ4n) is 4.47. The maximum atomic E-state index is 13.9. The number of nitrogens with zero attached hydrogens (tertiary/aromatic N) is 4. The number of rotatable bonds is 3. The molecule has 3 aromatic rings. The average molecular weight is 450 g/mol. The molecule has 7 nitrogen and oxygen atoms in total. The van der Waals surface area contributed by atoms with Crippen LogP contribution in [0.1, 0.15) is 43.9 Å². The monoisotopic (exact) mass is 449 g/mol. The molecule has 0 unspecified atom stereocenters. The fraction of sp³-hybridized carbons (Fsp3) is 0.571. The first-order chi connectivity index (χ1) is 14.8. The van der Waals surface area contributed by atoms with E-state index in [9.17, 15) is 13.9 Å². The van der Waals surface area contributed by atoms with Gasteiger partial charge < -0.3 is 14.7 Å². The number of pyridine rings is 1. The van der Waals surface area contributed by atoms with Crippen LogP contribution < -0.4 is 4.90 Å². The van der Waals surface area contributed by atoms with E-state index in [1.807, 2.05) is 19.1 Å². The molecule has 5 rings (SSSR count). The molecular formula is C21H25F2N5O2S. The number of ether oxygens (including phenoxy) is 1. The van der Waals surface area contributed by atoms with Crippen molar-refractivity contribution in [2.24, 2.45) is 0 Å². The van der Waals surface area contributed by atoms with Crippen LogP contribution >= 0.6 is 11.5 Å². The third-order valence-electron chi connectivity index (χ3n) is 6.33. The van der Waals surface area contributed by atoms with Crippen LogP contribution in [-0.4, -0.2) is 56.4 Å². The van der Waals surface area contributed by atoms with Crippen molar-refractivity contribution in [1.29, 1.82) is 0 Å². The van der Waals surface area contributed by atoms with Crippen LogP contribution in [0.25, 0.3) is 21.6 Å². The Balaban J connectivity index is 1.67. The summed E-state index contributed by atoms with van der Waals surface area (Å²) in [6.45, 7) is 5.81. The predicted octanol–water partition coefficient (Wildman–Crippen LogP) is 4.01. The number of hydrogen-bond donors (Lipinski definition) is 2. The number of morpholine rings is 1. The number of nitrogens with one attached hydrogen (secondary N) is 1. The highest BCUT2D eigenvalue weighted by Gasteiger charge is 2.44. The minimum absolute atomic E-state index is 0.00592. The molecule has 2 N–H and O–H groups in total. The fourth-order valence-corrected chi connectivity index (χ4v) is 5.41. The number of anilines is 1. The molecule has 0 aromatic carbocycles. The highest BCUT2D eigenvalue weighted by atomic mass is 32.1. The molecule has 0 spiro atoms. The number of fused-ring (bicyclic) bond motifs is 1. The smallest absolute Gasteiger partial charge is 0.248 e. The van der Waals surface area contributed by atoms with Crippen molar-refractivity contribution in [3.8, 4) is 11.4 Å². The standard InChI is InChI=1S/C21H25F2N5O2S/c1-12-9-15(26-25-12)17-18-19(31-27-17)14(20(29)3-5-21(22,23)6-4-20)10-16(24-18)28-7-8-30-11-13(28)2/h9-10,13,29H,3-8,11H2,1-2H3,(H,25,26)/t13-/m1/s1. The van der Waals surface area contributed by atoms with Gasteiger partial charge in [-0.2, -0.15) is 9.47 Å². The molecule has 1 atom stereocenters. The first-order valence-corrected chi connectivity index (χ1v) is 11.3. The van der Waals surface area contributed by atoms with Crippen molar-refractivity contribution in [2.75, 3.05) is 24.7 Å². The molecule has 0 radical (unpaired) electrons. The van der Waals surface area contributed by atoms with Gasteiger partial charge in [0.15, 0.2) is 0 Å². The summed E-state index contributed by atoms with van der Waals surface area (Å²) < 4.78 is 38.6. The van der Waals surface area contributed by atoms with E-state index in [1.54, 1.807) is 0 Å². The van der Waals surface area contributed by atoms with Gasteiger partial charge in [0.05, 0.1) is 29.6 Å². The molecule has 31 heavy (non-hydrogen) atoms. The SMILES string of the molecule is Cc1cc(-c2nsc3c(C4(O)CCC(F)(F)CC4)cc(N4CCOC[C@H]4C)nc23)n[nH]1. The van der Waals surface area contributed by atoms with Gasteiger partial charge in [-0.25, -0.2) is 13.8 Å². The van der Waals surface area contributed by atoms with Crippen LogP contribution in [-0.2, 0) is 10.3 Å². The average Bonchev–Trinajstić information content (AvgIpc) is 3.36. The zero-order valence-electron chi connectivity index (χ0n) is 17.5. The molecular weight excluding hydrogens is 424 g/mol. The molecule has 166 valence electrons. The van der Waals surface area contributed by atoms with Crippen molar-refractivity contribution < 1.29 is 18.6 Å². The van der Waals surface area contributed by atoms with Crippen LogP contribution in [0.15, 0.2) is 12.1 Å². The van der Waals surface area contributed by atoms with Gasteiger partial charge in [-0.1, -0.05) is 0 Å². The van der Waals surface area contributed by atoms with E-state index in [1.165, 1.54) is 11.5 Å². The summed E-state index contributed by atoms with van der Waals surface area (Å²) in [6.07, 6.45) is -0.653. The highest BCUT2D eigenvalue weighted by molar-refractivity contribution is 7.13. The van der Waals surface area contributed by atoms with Gasteiger partial charge in [-0.3, -0.25) is 5.10 Å². The Hall–Kier alpha value is -2.17. The van der Waals surface area contributed by atoms with E-state index < -0.39 is 11.5 Å². The lowest BCUT2D eigenvalue weighted by molar-refractivity contribution is -0.106. The zero-order valence-corrected chi connectivity index (χ0v) is 18.3. The number of halogens is 2. The molecule has 1 saturated carbocycles. The minimum atomic E-state index is -2.73. The van der Waals surface area contributed by atoms with Crippen molar-refractivity contribution in [3.05, 3.63) is 23.4 Å². The third kappa shape index (κ3) is 3.70. The maximum Gasteiger partial charge on any atom is 0.248 e. The number of aliphatic hydroxyl groups is 1. The van der Waals surface area contributed by atoms with Gasteiger partial charge in [0.1, 0.15) is 22.7 Å². The van der Waals surface area contributed by atoms with Gasteiger partial charge in [0, 0.05) is 30.6 Å². The second-order valence-electron chi connectivity index (χ2n) is 8.68. The Morgan fingerprint density at radius 3 is 2.71 bits per heavy atom. The molecule has 1 aliphatic carbocycles. The second kappa shape index (κ2) is 7.46. The summed E-state index contributed by atoms with van der Waals surface area (Å²) >= 11 is 1.24. The molecule has 2 fully saturated rings. The normalized spacial score (nSPS) is 23.4. The Morgan fingerprint density at radius 1 is 1.26 bits per heavy atom. The van der Waals surface area contributed by atoms with E-state index in [4.69, 9.17) is 9.72 Å². The van der Waals surface area contributed by atoms with Crippen LogP contribution in [0.3, 0.4) is 0 Å². The molecule has 4 heterocycles. The van der Waals surface area contributed by atoms with Crippen molar-refractivity contribution in [1.82, 2.24) is 19.6 Å². The molecule has 3 aromatic heterocycles. The summed E-state index contributed by atoms with van der Waals surface area (Å²) in [5.41, 5.74) is 2.17. The molecule has 0 amide bonds. The molecule has 1 aliphatic heterocycles. The lowest BCUT2D eigenvalue weighted by Crippen LogP contribution is -2.44. The summed E-state index contributed by atoms with van der Waals surface area (Å²) in [5, 5.41) is 18.8. The Morgan fingerprint density at radius 2 is 2.03 bits per heavy atom. The first kappa shape index (κ1) is 20.7. The van der Waals surface area contributed by atoms with Crippen LogP contribution in [0.4, 0.5) is 14.6 Å². The Bertz CT molecular complexity index is 1100. The summed E-state index contributed by atoms with van der Waals surface area (Å²) in [5.74, 6) is -2.02. The van der Waals surface area contributed by atoms with Gasteiger partial charge in [0.2, 0.25) is 5.92 Å².